The first kappa shape index (κ1) is 29.7. The van der Waals surface area contributed by atoms with Gasteiger partial charge in [0.1, 0.15) is 24.2 Å². The maximum Gasteiger partial charge on any atom is 0.293 e. The molecule has 1 atom stereocenters. The molecule has 0 spiro atoms. The van der Waals surface area contributed by atoms with E-state index in [1.807, 2.05) is 6.07 Å². The molecule has 1 heterocycles. The number of pyridine rings is 1. The molecule has 10 nitrogen and oxygen atoms in total. The molecular formula is C25H37N3O7S. The molecule has 2 aromatic rings. The van der Waals surface area contributed by atoms with Crippen molar-refractivity contribution in [3.63, 3.8) is 0 Å². The second-order valence-electron chi connectivity index (χ2n) is 8.51. The average Bonchev–Trinajstić information content (AvgIpc) is 2.85. The molecule has 0 aliphatic carbocycles. The van der Waals surface area contributed by atoms with E-state index in [0.717, 1.165) is 63.7 Å². The van der Waals surface area contributed by atoms with Gasteiger partial charge in [-0.1, -0.05) is 25.0 Å². The van der Waals surface area contributed by atoms with Crippen LogP contribution in [0.15, 0.2) is 41.3 Å². The summed E-state index contributed by atoms with van der Waals surface area (Å²) in [4.78, 5) is 14.6. The van der Waals surface area contributed by atoms with Gasteiger partial charge in [0, 0.05) is 19.8 Å². The number of benzene rings is 1. The Kier molecular flexibility index (Phi) is 13.4. The third-order valence-corrected chi connectivity index (χ3v) is 6.47. The van der Waals surface area contributed by atoms with Gasteiger partial charge in [0.15, 0.2) is 0 Å². The highest BCUT2D eigenvalue weighted by molar-refractivity contribution is 7.89. The molecule has 11 heteroatoms. The van der Waals surface area contributed by atoms with Gasteiger partial charge in [-0.3, -0.25) is 4.79 Å². The van der Waals surface area contributed by atoms with E-state index < -0.39 is 16.1 Å². The van der Waals surface area contributed by atoms with Crippen molar-refractivity contribution in [2.75, 3.05) is 26.3 Å². The van der Waals surface area contributed by atoms with Gasteiger partial charge in [-0.2, -0.15) is 0 Å². The minimum Gasteiger partial charge on any atom is -0.506 e. The van der Waals surface area contributed by atoms with Crippen LogP contribution in [0.25, 0.3) is 0 Å². The molecule has 0 aliphatic heterocycles. The van der Waals surface area contributed by atoms with Gasteiger partial charge in [-0.25, -0.2) is 18.5 Å². The maximum absolute atomic E-state index is 11.4. The van der Waals surface area contributed by atoms with Crippen molar-refractivity contribution in [3.8, 4) is 5.75 Å². The predicted octanol–water partition coefficient (Wildman–Crippen LogP) is 2.33. The van der Waals surface area contributed by atoms with E-state index in [-0.39, 0.29) is 29.4 Å². The number of sulfonamides is 1. The minimum atomic E-state index is -3.66. The van der Waals surface area contributed by atoms with Crippen molar-refractivity contribution >= 4 is 16.5 Å². The number of unbranched alkanes of at least 4 members (excludes halogenated alkanes) is 4. The van der Waals surface area contributed by atoms with Gasteiger partial charge in [-0.05, 0) is 68.5 Å². The lowest BCUT2D eigenvalue weighted by Crippen LogP contribution is -2.23. The van der Waals surface area contributed by atoms with Gasteiger partial charge in [0.25, 0.3) is 6.47 Å². The number of ether oxygens (including phenoxy) is 2. The summed E-state index contributed by atoms with van der Waals surface area (Å²) in [6.07, 6.45) is 5.86. The van der Waals surface area contributed by atoms with E-state index >= 15 is 0 Å². The first-order valence-corrected chi connectivity index (χ1v) is 13.7. The number of nitrogens with one attached hydrogen (secondary N) is 1. The minimum absolute atomic E-state index is 0.0853. The molecule has 0 radical (unpaired) electrons. The molecule has 0 amide bonds. The Morgan fingerprint density at radius 3 is 2.56 bits per heavy atom. The van der Waals surface area contributed by atoms with Crippen molar-refractivity contribution in [2.45, 2.75) is 62.6 Å². The van der Waals surface area contributed by atoms with Crippen LogP contribution in [0, 0.1) is 0 Å². The lowest BCUT2D eigenvalue weighted by molar-refractivity contribution is -0.129. The zero-order valence-electron chi connectivity index (χ0n) is 20.5. The molecule has 0 bridgehead atoms. The molecule has 0 aliphatic rings. The smallest absolute Gasteiger partial charge is 0.293 e. The number of hydrogen-bond acceptors (Lipinski definition) is 9. The SMILES string of the molecule is NS(=O)(=O)c1cccc(CCCCOCCCCCCNCC(O)c2ccc(O)c(COC=O)n2)c1. The van der Waals surface area contributed by atoms with Crippen LogP contribution in [-0.4, -0.2) is 56.4 Å². The summed E-state index contributed by atoms with van der Waals surface area (Å²) >= 11 is 0. The summed E-state index contributed by atoms with van der Waals surface area (Å²) in [5, 5.41) is 28.4. The van der Waals surface area contributed by atoms with Crippen LogP contribution in [0.5, 0.6) is 5.75 Å². The van der Waals surface area contributed by atoms with Crippen LogP contribution in [0.3, 0.4) is 0 Å². The average molecular weight is 524 g/mol. The first-order chi connectivity index (χ1) is 17.3. The Morgan fingerprint density at radius 1 is 1.06 bits per heavy atom. The normalized spacial score (nSPS) is 12.4. The van der Waals surface area contributed by atoms with Crippen LogP contribution in [-0.2, 0) is 37.3 Å². The van der Waals surface area contributed by atoms with E-state index in [9.17, 15) is 23.4 Å². The Balaban J connectivity index is 1.45. The Hall–Kier alpha value is -2.57. The number of aromatic hydroxyl groups is 1. The summed E-state index contributed by atoms with van der Waals surface area (Å²) in [6, 6.07) is 9.70. The molecule has 1 unspecified atom stereocenters. The van der Waals surface area contributed by atoms with Crippen molar-refractivity contribution in [2.24, 2.45) is 5.14 Å². The lowest BCUT2D eigenvalue weighted by Gasteiger charge is -2.13. The van der Waals surface area contributed by atoms with E-state index in [1.54, 1.807) is 12.1 Å². The summed E-state index contributed by atoms with van der Waals surface area (Å²) in [6.45, 7) is 2.64. The molecule has 2 rings (SSSR count). The number of hydrogen-bond donors (Lipinski definition) is 4. The van der Waals surface area contributed by atoms with Gasteiger partial charge in [0.2, 0.25) is 10.0 Å². The van der Waals surface area contributed by atoms with Crippen LogP contribution < -0.4 is 10.5 Å². The number of aromatic nitrogens is 1. The second-order valence-corrected chi connectivity index (χ2v) is 10.1. The monoisotopic (exact) mass is 523 g/mol. The van der Waals surface area contributed by atoms with Gasteiger partial charge in [0.05, 0.1) is 10.6 Å². The summed E-state index contributed by atoms with van der Waals surface area (Å²) in [5.74, 6) is -0.0853. The summed E-state index contributed by atoms with van der Waals surface area (Å²) < 4.78 is 33.1. The number of aliphatic hydroxyl groups excluding tert-OH is 1. The summed E-state index contributed by atoms with van der Waals surface area (Å²) in [5.41, 5.74) is 1.56. The Labute approximate surface area is 212 Å². The molecule has 0 saturated heterocycles. The predicted molar refractivity (Wildman–Crippen MR) is 135 cm³/mol. The van der Waals surface area contributed by atoms with Crippen molar-refractivity contribution in [3.05, 3.63) is 53.3 Å². The van der Waals surface area contributed by atoms with E-state index in [4.69, 9.17) is 9.88 Å². The third kappa shape index (κ3) is 11.4. The van der Waals surface area contributed by atoms with Crippen LogP contribution in [0.4, 0.5) is 0 Å². The zero-order chi connectivity index (χ0) is 26.2. The van der Waals surface area contributed by atoms with Crippen molar-refractivity contribution in [1.82, 2.24) is 10.3 Å². The second kappa shape index (κ2) is 16.2. The number of carbonyl (C=O) groups is 1. The fourth-order valence-corrected chi connectivity index (χ4v) is 4.16. The molecule has 0 saturated carbocycles. The molecular weight excluding hydrogens is 486 g/mol. The van der Waals surface area contributed by atoms with E-state index in [0.29, 0.717) is 18.8 Å². The van der Waals surface area contributed by atoms with Crippen molar-refractivity contribution < 1.29 is 32.9 Å². The molecule has 1 aromatic heterocycles. The fraction of sp³-hybridized carbons (Fsp3) is 0.520. The third-order valence-electron chi connectivity index (χ3n) is 5.56. The zero-order valence-corrected chi connectivity index (χ0v) is 21.3. The number of nitrogens with two attached hydrogens (primary N) is 1. The molecule has 1 aromatic carbocycles. The number of rotatable bonds is 19. The lowest BCUT2D eigenvalue weighted by atomic mass is 10.1. The standard InChI is InChI=1S/C25H37N3O7S/c26-36(32,33)21-10-7-9-20(16-21)8-3-6-15-34-14-5-2-1-4-13-27-17-25(31)22-11-12-24(30)23(28-22)18-35-19-29/h7,9-12,16,19,25,27,30-31H,1-6,8,13-15,17-18H2,(H2,26,32,33). The maximum atomic E-state index is 11.4. The van der Waals surface area contributed by atoms with E-state index in [2.05, 4.69) is 15.0 Å². The first-order valence-electron chi connectivity index (χ1n) is 12.1. The molecule has 200 valence electrons. The number of primary sulfonamides is 1. The highest BCUT2D eigenvalue weighted by atomic mass is 32.2. The van der Waals surface area contributed by atoms with Crippen LogP contribution in [0.2, 0.25) is 0 Å². The number of aliphatic hydroxyl groups is 1. The van der Waals surface area contributed by atoms with E-state index in [1.165, 1.54) is 18.2 Å². The van der Waals surface area contributed by atoms with Gasteiger partial charge < -0.3 is 25.0 Å². The van der Waals surface area contributed by atoms with Gasteiger partial charge in [-0.15, -0.1) is 0 Å². The number of carbonyl (C=O) groups excluding carboxylic acids is 1. The van der Waals surface area contributed by atoms with Gasteiger partial charge >= 0.3 is 0 Å². The van der Waals surface area contributed by atoms with Crippen LogP contribution >= 0.6 is 0 Å². The Bertz CT molecular complexity index is 1030. The highest BCUT2D eigenvalue weighted by Crippen LogP contribution is 2.19. The number of aryl methyl sites for hydroxylation is 1. The molecule has 36 heavy (non-hydrogen) atoms. The molecule has 0 fully saturated rings. The quantitative estimate of drug-likeness (QED) is 0.160. The largest absolute Gasteiger partial charge is 0.506 e. The highest BCUT2D eigenvalue weighted by Gasteiger charge is 2.12. The Morgan fingerprint density at radius 2 is 1.81 bits per heavy atom. The van der Waals surface area contributed by atoms with Crippen LogP contribution in [0.1, 0.15) is 61.6 Å². The number of nitrogens with zero attached hydrogens (tertiary/aromatic N) is 1. The fourth-order valence-electron chi connectivity index (χ4n) is 3.58. The van der Waals surface area contributed by atoms with Crippen molar-refractivity contribution in [1.29, 1.82) is 0 Å². The molecule has 5 N–H and O–H groups in total. The topological polar surface area (TPSA) is 161 Å². The summed E-state index contributed by atoms with van der Waals surface area (Å²) in [7, 11) is -3.66.